The molecule has 1 saturated heterocycles. The smallest absolute Gasteiger partial charge is 0.241 e. The highest BCUT2D eigenvalue weighted by molar-refractivity contribution is 5.94. The second-order valence-corrected chi connectivity index (χ2v) is 5.06. The van der Waals surface area contributed by atoms with E-state index < -0.39 is 11.6 Å². The van der Waals surface area contributed by atoms with Gasteiger partial charge in [0.05, 0.1) is 12.1 Å². The molecular formula is C14H18F2N2O2. The van der Waals surface area contributed by atoms with E-state index in [9.17, 15) is 18.7 Å². The Morgan fingerprint density at radius 1 is 1.35 bits per heavy atom. The van der Waals surface area contributed by atoms with Crippen LogP contribution in [0.15, 0.2) is 18.2 Å². The number of amides is 1. The number of hydrogen-bond acceptors (Lipinski definition) is 3. The first kappa shape index (κ1) is 14.9. The highest BCUT2D eigenvalue weighted by Gasteiger charge is 2.25. The van der Waals surface area contributed by atoms with E-state index in [-0.39, 0.29) is 23.7 Å². The summed E-state index contributed by atoms with van der Waals surface area (Å²) >= 11 is 0. The number of rotatable bonds is 3. The van der Waals surface area contributed by atoms with E-state index in [4.69, 9.17) is 0 Å². The van der Waals surface area contributed by atoms with E-state index in [1.165, 1.54) is 6.07 Å². The van der Waals surface area contributed by atoms with Crippen LogP contribution in [-0.2, 0) is 4.79 Å². The first-order valence-electron chi connectivity index (χ1n) is 6.65. The van der Waals surface area contributed by atoms with Gasteiger partial charge in [-0.2, -0.15) is 0 Å². The maximum atomic E-state index is 13.1. The predicted molar refractivity (Wildman–Crippen MR) is 71.3 cm³/mol. The van der Waals surface area contributed by atoms with Crippen LogP contribution < -0.4 is 5.32 Å². The molecule has 1 atom stereocenters. The van der Waals surface area contributed by atoms with Gasteiger partial charge < -0.3 is 10.4 Å². The van der Waals surface area contributed by atoms with Crippen LogP contribution in [0.4, 0.5) is 14.5 Å². The van der Waals surface area contributed by atoms with Crippen molar-refractivity contribution >= 4 is 11.6 Å². The molecule has 110 valence electrons. The Kier molecular flexibility index (Phi) is 4.67. The van der Waals surface area contributed by atoms with Crippen LogP contribution in [0.2, 0.25) is 0 Å². The Balaban J connectivity index is 1.95. The molecule has 6 heteroatoms. The van der Waals surface area contributed by atoms with Crippen LogP contribution in [-0.4, -0.2) is 41.1 Å². The molecule has 0 bridgehead atoms. The third-order valence-electron chi connectivity index (χ3n) is 3.61. The van der Waals surface area contributed by atoms with Gasteiger partial charge >= 0.3 is 0 Å². The summed E-state index contributed by atoms with van der Waals surface area (Å²) in [5.41, 5.74) is 0.234. The zero-order valence-electron chi connectivity index (χ0n) is 11.3. The number of carbonyl (C=O) groups excluding carboxylic acids is 1. The van der Waals surface area contributed by atoms with Gasteiger partial charge in [-0.05, 0) is 31.9 Å². The van der Waals surface area contributed by atoms with Gasteiger partial charge in [-0.3, -0.25) is 9.69 Å². The molecule has 1 heterocycles. The quantitative estimate of drug-likeness (QED) is 0.889. The first-order valence-corrected chi connectivity index (χ1v) is 6.65. The third kappa shape index (κ3) is 3.52. The summed E-state index contributed by atoms with van der Waals surface area (Å²) < 4.78 is 25.9. The van der Waals surface area contributed by atoms with Crippen molar-refractivity contribution in [3.8, 4) is 0 Å². The zero-order valence-corrected chi connectivity index (χ0v) is 11.3. The Morgan fingerprint density at radius 2 is 2.00 bits per heavy atom. The maximum Gasteiger partial charge on any atom is 0.241 e. The molecule has 1 aromatic carbocycles. The lowest BCUT2D eigenvalue weighted by atomic mass is 10.1. The Morgan fingerprint density at radius 3 is 2.60 bits per heavy atom. The number of anilines is 1. The minimum absolute atomic E-state index is 0.234. The van der Waals surface area contributed by atoms with E-state index >= 15 is 0 Å². The molecule has 1 amide bonds. The van der Waals surface area contributed by atoms with Crippen molar-refractivity contribution in [2.75, 3.05) is 18.4 Å². The number of nitrogens with zero attached hydrogens (tertiary/aromatic N) is 1. The van der Waals surface area contributed by atoms with E-state index in [1.54, 1.807) is 6.92 Å². The fourth-order valence-corrected chi connectivity index (χ4v) is 2.26. The molecule has 1 unspecified atom stereocenters. The lowest BCUT2D eigenvalue weighted by Gasteiger charge is -2.33. The number of piperidine rings is 1. The second kappa shape index (κ2) is 6.28. The van der Waals surface area contributed by atoms with Crippen molar-refractivity contribution in [3.05, 3.63) is 29.8 Å². The van der Waals surface area contributed by atoms with Gasteiger partial charge in [-0.1, -0.05) is 0 Å². The van der Waals surface area contributed by atoms with Gasteiger partial charge in [0.25, 0.3) is 0 Å². The number of benzene rings is 1. The summed E-state index contributed by atoms with van der Waals surface area (Å²) in [5, 5.41) is 12.0. The topological polar surface area (TPSA) is 52.6 Å². The molecule has 1 aliphatic heterocycles. The molecule has 0 saturated carbocycles. The van der Waals surface area contributed by atoms with E-state index in [0.29, 0.717) is 25.9 Å². The van der Waals surface area contributed by atoms with Crippen molar-refractivity contribution in [2.45, 2.75) is 31.9 Å². The molecule has 1 fully saturated rings. The summed E-state index contributed by atoms with van der Waals surface area (Å²) in [6.07, 6.45) is 0.985. The summed E-state index contributed by atoms with van der Waals surface area (Å²) in [4.78, 5) is 14.0. The van der Waals surface area contributed by atoms with Crippen LogP contribution in [0.3, 0.4) is 0 Å². The zero-order chi connectivity index (χ0) is 14.7. The lowest BCUT2D eigenvalue weighted by Crippen LogP contribution is -2.47. The number of halogens is 2. The number of hydrogen-bond donors (Lipinski definition) is 2. The molecule has 0 aliphatic carbocycles. The van der Waals surface area contributed by atoms with Crippen molar-refractivity contribution in [1.82, 2.24) is 4.90 Å². The fraction of sp³-hybridized carbons (Fsp3) is 0.500. The van der Waals surface area contributed by atoms with Gasteiger partial charge in [-0.25, -0.2) is 8.78 Å². The number of likely N-dealkylation sites (tertiary alicyclic amines) is 1. The molecule has 0 aromatic heterocycles. The van der Waals surface area contributed by atoms with E-state index in [2.05, 4.69) is 5.32 Å². The molecule has 0 radical (unpaired) electrons. The van der Waals surface area contributed by atoms with Crippen LogP contribution >= 0.6 is 0 Å². The summed E-state index contributed by atoms with van der Waals surface area (Å²) in [7, 11) is 0. The molecule has 20 heavy (non-hydrogen) atoms. The summed E-state index contributed by atoms with van der Waals surface area (Å²) in [6, 6.07) is 2.88. The average Bonchev–Trinajstić information content (AvgIpc) is 2.43. The summed E-state index contributed by atoms with van der Waals surface area (Å²) in [5.74, 6) is -2.20. The van der Waals surface area contributed by atoms with Gasteiger partial charge in [0.15, 0.2) is 11.6 Å². The fourth-order valence-electron chi connectivity index (χ4n) is 2.26. The minimum Gasteiger partial charge on any atom is -0.393 e. The highest BCUT2D eigenvalue weighted by Crippen LogP contribution is 2.16. The molecule has 2 rings (SSSR count). The lowest BCUT2D eigenvalue weighted by molar-refractivity contribution is -0.121. The van der Waals surface area contributed by atoms with Gasteiger partial charge in [0, 0.05) is 24.8 Å². The average molecular weight is 284 g/mol. The summed E-state index contributed by atoms with van der Waals surface area (Å²) in [6.45, 7) is 3.05. The first-order chi connectivity index (χ1) is 9.47. The normalized spacial score (nSPS) is 18.8. The Hall–Kier alpha value is -1.53. The number of nitrogens with one attached hydrogen (secondary N) is 1. The van der Waals surface area contributed by atoms with E-state index in [1.807, 2.05) is 4.90 Å². The van der Waals surface area contributed by atoms with Crippen molar-refractivity contribution < 1.29 is 18.7 Å². The predicted octanol–water partition coefficient (Wildman–Crippen LogP) is 1.75. The number of carbonyl (C=O) groups is 1. The van der Waals surface area contributed by atoms with Gasteiger partial charge in [0.1, 0.15) is 0 Å². The SMILES string of the molecule is CC(C(=O)Nc1ccc(F)c(F)c1)N1CCC(O)CC1. The molecular weight excluding hydrogens is 266 g/mol. The number of aliphatic hydroxyl groups excluding tert-OH is 1. The largest absolute Gasteiger partial charge is 0.393 e. The molecule has 2 N–H and O–H groups in total. The van der Waals surface area contributed by atoms with Gasteiger partial charge in [-0.15, -0.1) is 0 Å². The monoisotopic (exact) mass is 284 g/mol. The van der Waals surface area contributed by atoms with Crippen LogP contribution in [0, 0.1) is 11.6 Å². The van der Waals surface area contributed by atoms with Crippen molar-refractivity contribution in [2.24, 2.45) is 0 Å². The minimum atomic E-state index is -0.989. The molecule has 4 nitrogen and oxygen atoms in total. The Labute approximate surface area is 116 Å². The van der Waals surface area contributed by atoms with Gasteiger partial charge in [0.2, 0.25) is 5.91 Å². The Bertz CT molecular complexity index is 488. The highest BCUT2D eigenvalue weighted by atomic mass is 19.2. The van der Waals surface area contributed by atoms with E-state index in [0.717, 1.165) is 12.1 Å². The number of aliphatic hydroxyl groups is 1. The molecule has 1 aliphatic rings. The van der Waals surface area contributed by atoms with Crippen molar-refractivity contribution in [3.63, 3.8) is 0 Å². The third-order valence-corrected chi connectivity index (χ3v) is 3.61. The van der Waals surface area contributed by atoms with Crippen LogP contribution in [0.25, 0.3) is 0 Å². The van der Waals surface area contributed by atoms with Crippen LogP contribution in [0.1, 0.15) is 19.8 Å². The maximum absolute atomic E-state index is 13.1. The standard InChI is InChI=1S/C14H18F2N2O2/c1-9(18-6-4-11(19)5-7-18)14(20)17-10-2-3-12(15)13(16)8-10/h2-3,8-9,11,19H,4-7H2,1H3,(H,17,20). The second-order valence-electron chi connectivity index (χ2n) is 5.06. The van der Waals surface area contributed by atoms with Crippen LogP contribution in [0.5, 0.6) is 0 Å². The molecule has 0 spiro atoms. The molecule has 1 aromatic rings. The van der Waals surface area contributed by atoms with Crippen molar-refractivity contribution in [1.29, 1.82) is 0 Å².